The molecule has 1 aliphatic carbocycles. The van der Waals surface area contributed by atoms with Crippen LogP contribution in [0.2, 0.25) is 0 Å². The Morgan fingerprint density at radius 2 is 2.00 bits per heavy atom. The smallest absolute Gasteiger partial charge is 0.224 e. The first-order chi connectivity index (χ1) is 7.79. The van der Waals surface area contributed by atoms with Crippen LogP contribution in [0.15, 0.2) is 24.3 Å². The summed E-state index contributed by atoms with van der Waals surface area (Å²) >= 11 is 0. The largest absolute Gasteiger partial charge is 0.309 e. The van der Waals surface area contributed by atoms with Gasteiger partial charge in [-0.05, 0) is 24.5 Å². The van der Waals surface area contributed by atoms with Gasteiger partial charge in [-0.1, -0.05) is 31.0 Å². The summed E-state index contributed by atoms with van der Waals surface area (Å²) in [5.41, 5.74) is 2.55. The Morgan fingerprint density at radius 3 is 2.81 bits per heavy atom. The molecule has 0 saturated heterocycles. The Hall–Kier alpha value is -1.31. The number of fused-ring (bicyclic) bond motifs is 3. The van der Waals surface area contributed by atoms with E-state index in [0.717, 1.165) is 5.69 Å². The highest BCUT2D eigenvalue weighted by Gasteiger charge is 2.40. The SMILES string of the molecule is CC(=O)N1c2ccccc2[C@@H]2CCCC[C@@H]21. The molecule has 16 heavy (non-hydrogen) atoms. The van der Waals surface area contributed by atoms with Crippen molar-refractivity contribution in [3.8, 4) is 0 Å². The Morgan fingerprint density at radius 1 is 1.25 bits per heavy atom. The molecule has 2 heteroatoms. The number of carbonyl (C=O) groups excluding carboxylic acids is 1. The molecule has 1 aromatic rings. The fourth-order valence-corrected chi connectivity index (χ4v) is 3.39. The summed E-state index contributed by atoms with van der Waals surface area (Å²) in [5.74, 6) is 0.788. The molecule has 1 amide bonds. The summed E-state index contributed by atoms with van der Waals surface area (Å²) in [7, 11) is 0. The number of nitrogens with zero attached hydrogens (tertiary/aromatic N) is 1. The zero-order chi connectivity index (χ0) is 11.1. The standard InChI is InChI=1S/C14H17NO/c1-10(16)15-13-8-4-2-6-11(13)12-7-3-5-9-14(12)15/h2,4,6,8,12,14H,3,5,7,9H2,1H3/t12-,14-/m0/s1. The van der Waals surface area contributed by atoms with E-state index in [1.165, 1.54) is 31.2 Å². The van der Waals surface area contributed by atoms with Crippen LogP contribution in [0.4, 0.5) is 5.69 Å². The Bertz CT molecular complexity index is 426. The van der Waals surface area contributed by atoms with Gasteiger partial charge in [-0.3, -0.25) is 4.79 Å². The van der Waals surface area contributed by atoms with Crippen LogP contribution >= 0.6 is 0 Å². The van der Waals surface area contributed by atoms with Gasteiger partial charge in [-0.25, -0.2) is 0 Å². The van der Waals surface area contributed by atoms with Crippen LogP contribution in [-0.2, 0) is 4.79 Å². The molecule has 2 atom stereocenters. The predicted octanol–water partition coefficient (Wildman–Crippen LogP) is 3.08. The molecule has 2 nitrogen and oxygen atoms in total. The highest BCUT2D eigenvalue weighted by atomic mass is 16.2. The first-order valence-electron chi connectivity index (χ1n) is 6.18. The molecule has 1 heterocycles. The second kappa shape index (κ2) is 3.62. The lowest BCUT2D eigenvalue weighted by atomic mass is 9.82. The lowest BCUT2D eigenvalue weighted by Gasteiger charge is -2.31. The molecule has 1 aromatic carbocycles. The van der Waals surface area contributed by atoms with Crippen LogP contribution in [0.3, 0.4) is 0 Å². The van der Waals surface area contributed by atoms with Gasteiger partial charge >= 0.3 is 0 Å². The van der Waals surface area contributed by atoms with E-state index in [1.54, 1.807) is 6.92 Å². The van der Waals surface area contributed by atoms with E-state index in [2.05, 4.69) is 18.2 Å². The maximum atomic E-state index is 11.8. The topological polar surface area (TPSA) is 20.3 Å². The Kier molecular flexibility index (Phi) is 2.23. The van der Waals surface area contributed by atoms with Gasteiger partial charge in [0.1, 0.15) is 0 Å². The van der Waals surface area contributed by atoms with E-state index in [0.29, 0.717) is 12.0 Å². The summed E-state index contributed by atoms with van der Waals surface area (Å²) in [6.45, 7) is 1.69. The van der Waals surface area contributed by atoms with Gasteiger partial charge in [-0.2, -0.15) is 0 Å². The molecule has 0 unspecified atom stereocenters. The number of anilines is 1. The molecule has 1 saturated carbocycles. The van der Waals surface area contributed by atoms with E-state index in [-0.39, 0.29) is 5.91 Å². The van der Waals surface area contributed by atoms with Gasteiger partial charge < -0.3 is 4.90 Å². The van der Waals surface area contributed by atoms with Gasteiger partial charge in [0.2, 0.25) is 5.91 Å². The van der Waals surface area contributed by atoms with Crippen molar-refractivity contribution in [2.45, 2.75) is 44.6 Å². The molecule has 1 aliphatic heterocycles. The van der Waals surface area contributed by atoms with Gasteiger partial charge in [0.25, 0.3) is 0 Å². The third-order valence-electron chi connectivity index (χ3n) is 4.00. The number of hydrogen-bond acceptors (Lipinski definition) is 1. The molecule has 1 fully saturated rings. The predicted molar refractivity (Wildman–Crippen MR) is 64.6 cm³/mol. The number of rotatable bonds is 0. The zero-order valence-electron chi connectivity index (χ0n) is 9.65. The second-order valence-corrected chi connectivity index (χ2v) is 4.91. The van der Waals surface area contributed by atoms with Gasteiger partial charge in [0.15, 0.2) is 0 Å². The average Bonchev–Trinajstić information content (AvgIpc) is 2.63. The molecule has 2 aliphatic rings. The summed E-state index contributed by atoms with van der Waals surface area (Å²) in [4.78, 5) is 13.8. The number of hydrogen-bond donors (Lipinski definition) is 0. The molecule has 0 radical (unpaired) electrons. The van der Waals surface area contributed by atoms with Crippen LogP contribution in [0, 0.1) is 0 Å². The molecule has 0 bridgehead atoms. The van der Waals surface area contributed by atoms with E-state index >= 15 is 0 Å². The van der Waals surface area contributed by atoms with Crippen LogP contribution < -0.4 is 4.90 Å². The molecule has 0 spiro atoms. The summed E-state index contributed by atoms with van der Waals surface area (Å²) in [5, 5.41) is 0. The fraction of sp³-hybridized carbons (Fsp3) is 0.500. The Balaban J connectivity index is 2.09. The third-order valence-corrected chi connectivity index (χ3v) is 4.00. The first kappa shape index (κ1) is 9.88. The van der Waals surface area contributed by atoms with Crippen molar-refractivity contribution < 1.29 is 4.79 Å². The van der Waals surface area contributed by atoms with Crippen molar-refractivity contribution >= 4 is 11.6 Å². The van der Waals surface area contributed by atoms with Gasteiger partial charge in [0, 0.05) is 24.6 Å². The van der Waals surface area contributed by atoms with E-state index in [9.17, 15) is 4.79 Å². The number of amides is 1. The minimum atomic E-state index is 0.196. The Labute approximate surface area is 96.3 Å². The fourth-order valence-electron chi connectivity index (χ4n) is 3.39. The van der Waals surface area contributed by atoms with Crippen molar-refractivity contribution in [2.75, 3.05) is 4.90 Å². The summed E-state index contributed by atoms with van der Waals surface area (Å²) in [6.07, 6.45) is 4.98. The number of para-hydroxylation sites is 1. The number of benzene rings is 1. The highest BCUT2D eigenvalue weighted by Crippen LogP contribution is 2.47. The van der Waals surface area contributed by atoms with Crippen LogP contribution in [0.5, 0.6) is 0 Å². The minimum Gasteiger partial charge on any atom is -0.309 e. The average molecular weight is 215 g/mol. The van der Waals surface area contributed by atoms with Crippen LogP contribution in [-0.4, -0.2) is 11.9 Å². The molecular formula is C14H17NO. The molecule has 84 valence electrons. The van der Waals surface area contributed by atoms with Crippen LogP contribution in [0.1, 0.15) is 44.1 Å². The van der Waals surface area contributed by atoms with Crippen molar-refractivity contribution in [1.29, 1.82) is 0 Å². The lowest BCUT2D eigenvalue weighted by Crippen LogP contribution is -2.39. The normalized spacial score (nSPS) is 27.4. The maximum Gasteiger partial charge on any atom is 0.224 e. The third kappa shape index (κ3) is 1.29. The minimum absolute atomic E-state index is 0.196. The van der Waals surface area contributed by atoms with E-state index in [1.807, 2.05) is 11.0 Å². The van der Waals surface area contributed by atoms with Crippen molar-refractivity contribution in [3.63, 3.8) is 0 Å². The lowest BCUT2D eigenvalue weighted by molar-refractivity contribution is -0.117. The maximum absolute atomic E-state index is 11.8. The van der Waals surface area contributed by atoms with Crippen molar-refractivity contribution in [2.24, 2.45) is 0 Å². The second-order valence-electron chi connectivity index (χ2n) is 4.91. The van der Waals surface area contributed by atoms with Gasteiger partial charge in [-0.15, -0.1) is 0 Å². The van der Waals surface area contributed by atoms with Crippen molar-refractivity contribution in [3.05, 3.63) is 29.8 Å². The van der Waals surface area contributed by atoms with E-state index < -0.39 is 0 Å². The monoisotopic (exact) mass is 215 g/mol. The summed E-state index contributed by atoms with van der Waals surface area (Å²) in [6, 6.07) is 8.85. The van der Waals surface area contributed by atoms with Crippen molar-refractivity contribution in [1.82, 2.24) is 0 Å². The zero-order valence-corrected chi connectivity index (χ0v) is 9.65. The van der Waals surface area contributed by atoms with Gasteiger partial charge in [0.05, 0.1) is 0 Å². The molecule has 0 aromatic heterocycles. The first-order valence-corrected chi connectivity index (χ1v) is 6.18. The quantitative estimate of drug-likeness (QED) is 0.651. The van der Waals surface area contributed by atoms with Crippen LogP contribution in [0.25, 0.3) is 0 Å². The summed E-state index contributed by atoms with van der Waals surface area (Å²) < 4.78 is 0. The number of carbonyl (C=O) groups is 1. The molecule has 3 rings (SSSR count). The molecule has 0 N–H and O–H groups in total. The molecular weight excluding hydrogens is 198 g/mol. The van der Waals surface area contributed by atoms with E-state index in [4.69, 9.17) is 0 Å². The highest BCUT2D eigenvalue weighted by molar-refractivity contribution is 5.95.